The van der Waals surface area contributed by atoms with Gasteiger partial charge >= 0.3 is 0 Å². The van der Waals surface area contributed by atoms with E-state index in [-0.39, 0.29) is 11.7 Å². The molecule has 0 aromatic heterocycles. The number of hydrogen-bond acceptors (Lipinski definition) is 3. The van der Waals surface area contributed by atoms with Gasteiger partial charge in [-0.3, -0.25) is 9.80 Å². The van der Waals surface area contributed by atoms with Crippen molar-refractivity contribution in [1.29, 1.82) is 0 Å². The number of amides is 1. The van der Waals surface area contributed by atoms with Crippen LogP contribution in [-0.2, 0) is 17.9 Å². The second-order valence-corrected chi connectivity index (χ2v) is 6.25. The second-order valence-electron chi connectivity index (χ2n) is 6.25. The van der Waals surface area contributed by atoms with Crippen LogP contribution in [0.1, 0.15) is 36.8 Å². The Morgan fingerprint density at radius 1 is 1.04 bits per heavy atom. The predicted molar refractivity (Wildman–Crippen MR) is 94.2 cm³/mol. The predicted octanol–water partition coefficient (Wildman–Crippen LogP) is 3.81. The molecule has 1 aliphatic heterocycles. The van der Waals surface area contributed by atoms with Gasteiger partial charge in [-0.25, -0.2) is 9.82 Å². The maximum absolute atomic E-state index is 13.1. The first-order chi connectivity index (χ1) is 12.2. The van der Waals surface area contributed by atoms with Gasteiger partial charge in [0.2, 0.25) is 5.91 Å². The number of halogens is 1. The van der Waals surface area contributed by atoms with Crippen molar-refractivity contribution >= 4 is 5.91 Å². The van der Waals surface area contributed by atoms with Gasteiger partial charge in [0, 0.05) is 19.5 Å². The molecule has 0 saturated carbocycles. The Bertz CT molecular complexity index is 703. The average molecular weight is 342 g/mol. The Kier molecular flexibility index (Phi) is 6.01. The van der Waals surface area contributed by atoms with Gasteiger partial charge in [0.1, 0.15) is 18.2 Å². The molecule has 0 bridgehead atoms. The zero-order valence-corrected chi connectivity index (χ0v) is 14.2. The third kappa shape index (κ3) is 5.29. The lowest BCUT2D eigenvalue weighted by Gasteiger charge is -2.21. The van der Waals surface area contributed by atoms with Crippen molar-refractivity contribution in [2.75, 3.05) is 6.54 Å². The number of nitrogens with zero attached hydrogens (tertiary/aromatic N) is 1. The van der Waals surface area contributed by atoms with Crippen LogP contribution in [0.3, 0.4) is 0 Å². The topological polar surface area (TPSA) is 41.6 Å². The fourth-order valence-electron chi connectivity index (χ4n) is 2.83. The highest BCUT2D eigenvalue weighted by atomic mass is 19.1. The molecule has 1 fully saturated rings. The van der Waals surface area contributed by atoms with E-state index in [1.165, 1.54) is 12.1 Å². The lowest BCUT2D eigenvalue weighted by Crippen LogP contribution is -2.42. The normalized spacial score (nSPS) is 15.1. The summed E-state index contributed by atoms with van der Waals surface area (Å²) >= 11 is 0. The van der Waals surface area contributed by atoms with E-state index in [9.17, 15) is 9.18 Å². The van der Waals surface area contributed by atoms with Crippen LogP contribution in [0.15, 0.2) is 48.5 Å². The Hall–Kier alpha value is -2.40. The molecular formula is C20H23FN2O2. The van der Waals surface area contributed by atoms with E-state index in [1.807, 2.05) is 30.3 Å². The molecule has 0 spiro atoms. The van der Waals surface area contributed by atoms with Gasteiger partial charge in [-0.2, -0.15) is 0 Å². The molecule has 2 aromatic rings. The van der Waals surface area contributed by atoms with Crippen LogP contribution in [0.2, 0.25) is 0 Å². The van der Waals surface area contributed by atoms with Gasteiger partial charge in [-0.1, -0.05) is 30.7 Å². The number of nitrogens with one attached hydrogen (secondary N) is 1. The molecule has 0 aliphatic carbocycles. The monoisotopic (exact) mass is 342 g/mol. The van der Waals surface area contributed by atoms with Gasteiger partial charge in [0.25, 0.3) is 0 Å². The first-order valence-corrected chi connectivity index (χ1v) is 8.71. The Morgan fingerprint density at radius 3 is 2.68 bits per heavy atom. The molecule has 0 atom stereocenters. The van der Waals surface area contributed by atoms with Crippen molar-refractivity contribution in [2.45, 2.75) is 38.8 Å². The van der Waals surface area contributed by atoms with E-state index in [1.54, 1.807) is 11.1 Å². The molecule has 1 saturated heterocycles. The highest BCUT2D eigenvalue weighted by Crippen LogP contribution is 2.15. The number of hydrogen-bond donors (Lipinski definition) is 1. The molecule has 1 N–H and O–H groups in total. The number of hydrazine groups is 1. The van der Waals surface area contributed by atoms with Crippen LogP contribution in [0.4, 0.5) is 4.39 Å². The van der Waals surface area contributed by atoms with E-state index in [0.717, 1.165) is 42.7 Å². The van der Waals surface area contributed by atoms with Crippen LogP contribution >= 0.6 is 0 Å². The molecule has 0 radical (unpaired) electrons. The Labute approximate surface area is 147 Å². The lowest BCUT2D eigenvalue weighted by atomic mass is 10.2. The summed E-state index contributed by atoms with van der Waals surface area (Å²) in [6.07, 6.45) is 3.76. The van der Waals surface area contributed by atoms with Crippen LogP contribution in [0.5, 0.6) is 5.75 Å². The maximum atomic E-state index is 13.1. The SMILES string of the molecule is O=C1CCCCCN1NCc1ccc(OCc2cccc(F)c2)cc1. The van der Waals surface area contributed by atoms with Crippen molar-refractivity contribution in [3.05, 3.63) is 65.5 Å². The van der Waals surface area contributed by atoms with E-state index in [4.69, 9.17) is 4.74 Å². The largest absolute Gasteiger partial charge is 0.489 e. The summed E-state index contributed by atoms with van der Waals surface area (Å²) in [5.41, 5.74) is 5.09. The summed E-state index contributed by atoms with van der Waals surface area (Å²) in [6, 6.07) is 14.1. The van der Waals surface area contributed by atoms with Gasteiger partial charge in [-0.15, -0.1) is 0 Å². The van der Waals surface area contributed by atoms with E-state index in [2.05, 4.69) is 5.43 Å². The molecule has 0 unspecified atom stereocenters. The molecule has 25 heavy (non-hydrogen) atoms. The fourth-order valence-corrected chi connectivity index (χ4v) is 2.83. The number of rotatable bonds is 6. The van der Waals surface area contributed by atoms with Gasteiger partial charge < -0.3 is 4.74 Å². The summed E-state index contributed by atoms with van der Waals surface area (Å²) in [5, 5.41) is 1.74. The standard InChI is InChI=1S/C20H23FN2O2/c21-18-6-4-5-17(13-18)15-25-19-10-8-16(9-11-19)14-22-23-12-3-1-2-7-20(23)24/h4-6,8-11,13,22H,1-3,7,12,14-15H2. The molecule has 1 heterocycles. The maximum Gasteiger partial charge on any atom is 0.236 e. The number of carbonyl (C=O) groups is 1. The number of carbonyl (C=O) groups excluding carboxylic acids is 1. The van der Waals surface area contributed by atoms with E-state index >= 15 is 0 Å². The minimum absolute atomic E-state index is 0.174. The molecule has 2 aromatic carbocycles. The smallest absolute Gasteiger partial charge is 0.236 e. The van der Waals surface area contributed by atoms with E-state index in [0.29, 0.717) is 19.6 Å². The van der Waals surface area contributed by atoms with Crippen molar-refractivity contribution in [2.24, 2.45) is 0 Å². The molecule has 3 rings (SSSR count). The summed E-state index contributed by atoms with van der Waals surface area (Å²) in [4.78, 5) is 12.0. The zero-order valence-electron chi connectivity index (χ0n) is 14.2. The van der Waals surface area contributed by atoms with Crippen LogP contribution < -0.4 is 10.2 Å². The molecule has 4 nitrogen and oxygen atoms in total. The first-order valence-electron chi connectivity index (χ1n) is 8.71. The molecule has 1 amide bonds. The van der Waals surface area contributed by atoms with Crippen molar-refractivity contribution in [1.82, 2.24) is 10.4 Å². The minimum Gasteiger partial charge on any atom is -0.489 e. The van der Waals surface area contributed by atoms with Crippen LogP contribution in [-0.4, -0.2) is 17.5 Å². The minimum atomic E-state index is -0.259. The van der Waals surface area contributed by atoms with Crippen LogP contribution in [0, 0.1) is 5.82 Å². The number of ether oxygens (including phenoxy) is 1. The van der Waals surface area contributed by atoms with Gasteiger partial charge in [0.15, 0.2) is 0 Å². The summed E-state index contributed by atoms with van der Waals surface area (Å²) < 4.78 is 18.8. The summed E-state index contributed by atoms with van der Waals surface area (Å²) in [6.45, 7) is 1.71. The number of benzene rings is 2. The summed E-state index contributed by atoms with van der Waals surface area (Å²) in [7, 11) is 0. The average Bonchev–Trinajstić information content (AvgIpc) is 2.83. The Morgan fingerprint density at radius 2 is 1.88 bits per heavy atom. The second kappa shape index (κ2) is 8.62. The van der Waals surface area contributed by atoms with Crippen molar-refractivity contribution in [3.63, 3.8) is 0 Å². The molecule has 132 valence electrons. The zero-order chi connectivity index (χ0) is 17.5. The van der Waals surface area contributed by atoms with Crippen molar-refractivity contribution < 1.29 is 13.9 Å². The third-order valence-corrected chi connectivity index (χ3v) is 4.27. The van der Waals surface area contributed by atoms with Gasteiger partial charge in [0.05, 0.1) is 0 Å². The molecular weight excluding hydrogens is 319 g/mol. The molecule has 1 aliphatic rings. The first kappa shape index (κ1) is 17.4. The highest BCUT2D eigenvalue weighted by Gasteiger charge is 2.15. The quantitative estimate of drug-likeness (QED) is 0.868. The summed E-state index contributed by atoms with van der Waals surface area (Å²) in [5.74, 6) is 0.650. The lowest BCUT2D eigenvalue weighted by molar-refractivity contribution is -0.134. The third-order valence-electron chi connectivity index (χ3n) is 4.27. The van der Waals surface area contributed by atoms with E-state index < -0.39 is 0 Å². The fraction of sp³-hybridized carbons (Fsp3) is 0.350. The molecule has 5 heteroatoms. The highest BCUT2D eigenvalue weighted by molar-refractivity contribution is 5.75. The van der Waals surface area contributed by atoms with Crippen LogP contribution in [0.25, 0.3) is 0 Å². The Balaban J connectivity index is 1.49. The van der Waals surface area contributed by atoms with Crippen molar-refractivity contribution in [3.8, 4) is 5.75 Å². The van der Waals surface area contributed by atoms with Gasteiger partial charge in [-0.05, 0) is 48.2 Å².